The maximum Gasteiger partial charge on any atom is 0.238 e. The van der Waals surface area contributed by atoms with Gasteiger partial charge < -0.3 is 5.32 Å². The highest BCUT2D eigenvalue weighted by Crippen LogP contribution is 2.27. The summed E-state index contributed by atoms with van der Waals surface area (Å²) < 4.78 is 22.5. The molecular formula is C15H22N2O3S. The lowest BCUT2D eigenvalue weighted by molar-refractivity contribution is -0.116. The van der Waals surface area contributed by atoms with E-state index in [9.17, 15) is 13.2 Å². The average molecular weight is 310 g/mol. The van der Waals surface area contributed by atoms with E-state index < -0.39 is 10.0 Å². The summed E-state index contributed by atoms with van der Waals surface area (Å²) in [6.07, 6.45) is 7.65. The number of nitrogens with one attached hydrogen (secondary N) is 1. The van der Waals surface area contributed by atoms with Gasteiger partial charge in [-0.05, 0) is 30.5 Å². The number of hydrogen-bond acceptors (Lipinski definition) is 3. The molecule has 1 saturated carbocycles. The zero-order valence-corrected chi connectivity index (χ0v) is 12.9. The Bertz CT molecular complexity index is 593. The van der Waals surface area contributed by atoms with Gasteiger partial charge in [0.15, 0.2) is 0 Å². The van der Waals surface area contributed by atoms with Gasteiger partial charge in [-0.3, -0.25) is 4.79 Å². The van der Waals surface area contributed by atoms with Crippen LogP contribution in [0, 0.1) is 5.92 Å². The fourth-order valence-corrected chi connectivity index (χ4v) is 3.34. The van der Waals surface area contributed by atoms with E-state index in [0.717, 1.165) is 6.42 Å². The number of hydrogen-bond donors (Lipinski definition) is 2. The van der Waals surface area contributed by atoms with Crippen molar-refractivity contribution in [3.05, 3.63) is 24.3 Å². The summed E-state index contributed by atoms with van der Waals surface area (Å²) in [4.78, 5) is 11.9. The van der Waals surface area contributed by atoms with Gasteiger partial charge in [-0.1, -0.05) is 38.2 Å². The van der Waals surface area contributed by atoms with E-state index in [0.29, 0.717) is 18.0 Å². The van der Waals surface area contributed by atoms with E-state index in [1.54, 1.807) is 12.1 Å². The number of primary sulfonamides is 1. The topological polar surface area (TPSA) is 89.3 Å². The Balaban J connectivity index is 1.87. The molecule has 1 aromatic carbocycles. The first-order chi connectivity index (χ1) is 9.95. The average Bonchev–Trinajstić information content (AvgIpc) is 2.46. The molecule has 6 heteroatoms. The molecule has 0 aliphatic heterocycles. The summed E-state index contributed by atoms with van der Waals surface area (Å²) in [6.45, 7) is 0. The fraction of sp³-hybridized carbons (Fsp3) is 0.533. The number of amides is 1. The molecule has 0 spiro atoms. The van der Waals surface area contributed by atoms with Crippen LogP contribution in [0.3, 0.4) is 0 Å². The first-order valence-electron chi connectivity index (χ1n) is 7.38. The highest BCUT2D eigenvalue weighted by molar-refractivity contribution is 7.89. The molecule has 1 aromatic rings. The monoisotopic (exact) mass is 310 g/mol. The number of anilines is 1. The van der Waals surface area contributed by atoms with Crippen LogP contribution >= 0.6 is 0 Å². The van der Waals surface area contributed by atoms with Gasteiger partial charge in [0.1, 0.15) is 0 Å². The normalized spacial score (nSPS) is 16.6. The molecule has 116 valence electrons. The van der Waals surface area contributed by atoms with Crippen molar-refractivity contribution in [1.82, 2.24) is 0 Å². The second kappa shape index (κ2) is 7.04. The standard InChI is InChI=1S/C15H22N2O3S/c16-21(19,20)14-8-4-7-13(11-14)17-15(18)10-9-12-5-2-1-3-6-12/h4,7-8,11-12H,1-3,5-6,9-10H2,(H,17,18)(H2,16,19,20). The molecule has 0 heterocycles. The Kier molecular flexibility index (Phi) is 5.36. The molecule has 1 aliphatic carbocycles. The van der Waals surface area contributed by atoms with Gasteiger partial charge in [0.05, 0.1) is 4.90 Å². The number of nitrogens with two attached hydrogens (primary N) is 1. The van der Waals surface area contributed by atoms with Crippen LogP contribution in [0.2, 0.25) is 0 Å². The molecule has 5 nitrogen and oxygen atoms in total. The molecule has 0 saturated heterocycles. The van der Waals surface area contributed by atoms with Gasteiger partial charge >= 0.3 is 0 Å². The summed E-state index contributed by atoms with van der Waals surface area (Å²) in [5.74, 6) is 0.576. The predicted octanol–water partition coefficient (Wildman–Crippen LogP) is 2.63. The summed E-state index contributed by atoms with van der Waals surface area (Å²) in [5.41, 5.74) is 0.468. The van der Waals surface area contributed by atoms with Crippen LogP contribution in [0.1, 0.15) is 44.9 Å². The molecule has 1 aliphatic rings. The molecule has 0 radical (unpaired) electrons. The lowest BCUT2D eigenvalue weighted by atomic mass is 9.86. The van der Waals surface area contributed by atoms with Crippen LogP contribution in [-0.2, 0) is 14.8 Å². The lowest BCUT2D eigenvalue weighted by Gasteiger charge is -2.21. The summed E-state index contributed by atoms with van der Waals surface area (Å²) in [5, 5.41) is 7.81. The molecule has 1 amide bonds. The molecule has 21 heavy (non-hydrogen) atoms. The minimum absolute atomic E-state index is 0.00702. The Labute approximate surface area is 126 Å². The third-order valence-electron chi connectivity index (χ3n) is 3.95. The van der Waals surface area contributed by atoms with Crippen molar-refractivity contribution in [3.8, 4) is 0 Å². The van der Waals surface area contributed by atoms with Crippen LogP contribution in [0.25, 0.3) is 0 Å². The Morgan fingerprint density at radius 2 is 1.95 bits per heavy atom. The second-order valence-electron chi connectivity index (χ2n) is 5.66. The number of carbonyl (C=O) groups excluding carboxylic acids is 1. The van der Waals surface area contributed by atoms with E-state index in [1.165, 1.54) is 44.2 Å². The molecule has 0 unspecified atom stereocenters. The van der Waals surface area contributed by atoms with E-state index in [-0.39, 0.29) is 10.8 Å². The molecular weight excluding hydrogens is 288 g/mol. The molecule has 2 rings (SSSR count). The maximum absolute atomic E-state index is 11.9. The second-order valence-corrected chi connectivity index (χ2v) is 7.23. The van der Waals surface area contributed by atoms with Crippen molar-refractivity contribution in [3.63, 3.8) is 0 Å². The zero-order valence-electron chi connectivity index (χ0n) is 12.0. The van der Waals surface area contributed by atoms with Crippen molar-refractivity contribution in [2.45, 2.75) is 49.8 Å². The number of carbonyl (C=O) groups is 1. The van der Waals surface area contributed by atoms with E-state index in [2.05, 4.69) is 5.32 Å². The van der Waals surface area contributed by atoms with Crippen LogP contribution in [0.4, 0.5) is 5.69 Å². The highest BCUT2D eigenvalue weighted by Gasteiger charge is 2.15. The molecule has 0 bridgehead atoms. The van der Waals surface area contributed by atoms with Gasteiger partial charge in [0.2, 0.25) is 15.9 Å². The van der Waals surface area contributed by atoms with Gasteiger partial charge in [-0.25, -0.2) is 13.6 Å². The van der Waals surface area contributed by atoms with E-state index >= 15 is 0 Å². The number of benzene rings is 1. The smallest absolute Gasteiger partial charge is 0.238 e. The molecule has 3 N–H and O–H groups in total. The van der Waals surface area contributed by atoms with Crippen LogP contribution < -0.4 is 10.5 Å². The summed E-state index contributed by atoms with van der Waals surface area (Å²) in [7, 11) is -3.74. The van der Waals surface area contributed by atoms with Gasteiger partial charge in [-0.2, -0.15) is 0 Å². The Morgan fingerprint density at radius 3 is 2.62 bits per heavy atom. The van der Waals surface area contributed by atoms with Gasteiger partial charge in [0.25, 0.3) is 0 Å². The number of sulfonamides is 1. The maximum atomic E-state index is 11.9. The first-order valence-corrected chi connectivity index (χ1v) is 8.92. The van der Waals surface area contributed by atoms with Crippen molar-refractivity contribution in [2.24, 2.45) is 11.1 Å². The van der Waals surface area contributed by atoms with Crippen molar-refractivity contribution in [2.75, 3.05) is 5.32 Å². The van der Waals surface area contributed by atoms with Crippen LogP contribution in [0.5, 0.6) is 0 Å². The summed E-state index contributed by atoms with van der Waals surface area (Å²) >= 11 is 0. The van der Waals surface area contributed by atoms with Crippen LogP contribution in [-0.4, -0.2) is 14.3 Å². The van der Waals surface area contributed by atoms with Crippen molar-refractivity contribution >= 4 is 21.6 Å². The minimum atomic E-state index is -3.74. The SMILES string of the molecule is NS(=O)(=O)c1cccc(NC(=O)CCC2CCCCC2)c1. The Morgan fingerprint density at radius 1 is 1.24 bits per heavy atom. The first kappa shape index (κ1) is 16.0. The van der Waals surface area contributed by atoms with Crippen molar-refractivity contribution < 1.29 is 13.2 Å². The van der Waals surface area contributed by atoms with Crippen molar-refractivity contribution in [1.29, 1.82) is 0 Å². The minimum Gasteiger partial charge on any atom is -0.326 e. The summed E-state index contributed by atoms with van der Waals surface area (Å²) in [6, 6.07) is 6.02. The van der Waals surface area contributed by atoms with E-state index in [1.807, 2.05) is 0 Å². The lowest BCUT2D eigenvalue weighted by Crippen LogP contribution is -2.16. The third-order valence-corrected chi connectivity index (χ3v) is 4.86. The van der Waals surface area contributed by atoms with E-state index in [4.69, 9.17) is 5.14 Å². The zero-order chi connectivity index (χ0) is 15.3. The van der Waals surface area contributed by atoms with Crippen LogP contribution in [0.15, 0.2) is 29.2 Å². The largest absolute Gasteiger partial charge is 0.326 e. The van der Waals surface area contributed by atoms with Gasteiger partial charge in [0, 0.05) is 12.1 Å². The van der Waals surface area contributed by atoms with Gasteiger partial charge in [-0.15, -0.1) is 0 Å². The third kappa shape index (κ3) is 5.13. The highest BCUT2D eigenvalue weighted by atomic mass is 32.2. The molecule has 1 fully saturated rings. The molecule has 0 aromatic heterocycles. The quantitative estimate of drug-likeness (QED) is 0.876. The predicted molar refractivity (Wildman–Crippen MR) is 82.3 cm³/mol. The fourth-order valence-electron chi connectivity index (χ4n) is 2.79. The number of rotatable bonds is 5. The Hall–Kier alpha value is -1.40. The molecule has 0 atom stereocenters.